The third-order valence-electron chi connectivity index (χ3n) is 12.7. The number of amides is 2. The van der Waals surface area contributed by atoms with Gasteiger partial charge in [0.25, 0.3) is 25.8 Å². The van der Waals surface area contributed by atoms with Crippen molar-refractivity contribution in [1.82, 2.24) is 19.8 Å². The largest absolute Gasteiger partial charge is 0.501 e. The Morgan fingerprint density at radius 2 is 1.57 bits per heavy atom. The predicted octanol–water partition coefficient (Wildman–Crippen LogP) is 8.08. The first-order valence-electron chi connectivity index (χ1n) is 22.6. The van der Waals surface area contributed by atoms with Gasteiger partial charge in [-0.05, 0) is 109 Å². The van der Waals surface area contributed by atoms with Gasteiger partial charge in [-0.1, -0.05) is 54.4 Å². The number of nitrogens with zero attached hydrogens (tertiary/aromatic N) is 3. The SMILES string of the molecule is C[C@@]1(CNC(=O)O)CCC(c2ccc(Cl)cc2)=C(CN2CCN(c3ccc(C(=O)NS(=O)(=O)c4ccc(NC(CCN5CCOCC5)CSc5ccccc5)c(S(=O)(=O)C(F)(F)F)c4)cc3)CC2)C1. The second-order valence-electron chi connectivity index (χ2n) is 17.8. The van der Waals surface area contributed by atoms with E-state index in [1.54, 1.807) is 12.1 Å². The van der Waals surface area contributed by atoms with Crippen LogP contribution in [0.3, 0.4) is 0 Å². The molecule has 2 atom stereocenters. The number of sulfone groups is 1. The topological polar surface area (TPSA) is 178 Å². The van der Waals surface area contributed by atoms with E-state index in [4.69, 9.17) is 16.3 Å². The van der Waals surface area contributed by atoms with Crippen LogP contribution in [0.25, 0.3) is 5.57 Å². The fraction of sp³-hybridized carbons (Fsp3) is 0.417. The number of carbonyl (C=O) groups excluding carboxylic acids is 1. The Balaban J connectivity index is 1.01. The van der Waals surface area contributed by atoms with Gasteiger partial charge in [-0.2, -0.15) is 13.2 Å². The molecule has 0 spiro atoms. The third kappa shape index (κ3) is 13.7. The Morgan fingerprint density at radius 3 is 2.22 bits per heavy atom. The molecular weight excluding hydrogens is 977 g/mol. The molecular formula is C48H56ClF3N6O8S3. The first kappa shape index (κ1) is 52.0. The molecule has 0 radical (unpaired) electrons. The van der Waals surface area contributed by atoms with Crippen molar-refractivity contribution in [3.63, 3.8) is 0 Å². The summed E-state index contributed by atoms with van der Waals surface area (Å²) in [6.45, 7) is 8.83. The summed E-state index contributed by atoms with van der Waals surface area (Å²) in [6, 6.07) is 25.2. The van der Waals surface area contributed by atoms with Gasteiger partial charge >= 0.3 is 11.6 Å². The van der Waals surface area contributed by atoms with Crippen LogP contribution in [0.4, 0.5) is 29.3 Å². The molecule has 14 nitrogen and oxygen atoms in total. The number of benzene rings is 4. The molecule has 2 fully saturated rings. The highest BCUT2D eigenvalue weighted by atomic mass is 35.5. The Morgan fingerprint density at radius 1 is 0.884 bits per heavy atom. The van der Waals surface area contributed by atoms with E-state index < -0.39 is 58.9 Å². The van der Waals surface area contributed by atoms with Gasteiger partial charge in [-0.25, -0.2) is 26.4 Å². The summed E-state index contributed by atoms with van der Waals surface area (Å²) in [4.78, 5) is 30.2. The zero-order chi connectivity index (χ0) is 49.4. The molecule has 4 aromatic rings. The Kier molecular flexibility index (Phi) is 17.0. The number of thioether (sulfide) groups is 1. The van der Waals surface area contributed by atoms with E-state index in [0.29, 0.717) is 95.4 Å². The molecule has 1 unspecified atom stereocenters. The van der Waals surface area contributed by atoms with Crippen LogP contribution < -0.4 is 20.3 Å². The number of morpholine rings is 1. The molecule has 0 aromatic heterocycles. The van der Waals surface area contributed by atoms with E-state index >= 15 is 0 Å². The van der Waals surface area contributed by atoms with Gasteiger partial charge in [0, 0.05) is 91.9 Å². The number of anilines is 2. The summed E-state index contributed by atoms with van der Waals surface area (Å²) in [5, 5.41) is 15.5. The normalized spacial score (nSPS) is 19.2. The Bertz CT molecular complexity index is 2690. The molecule has 7 rings (SSSR count). The van der Waals surface area contributed by atoms with Crippen LogP contribution in [0.5, 0.6) is 0 Å². The lowest BCUT2D eigenvalue weighted by molar-refractivity contribution is -0.0436. The third-order valence-corrected chi connectivity index (χ3v) is 17.0. The van der Waals surface area contributed by atoms with Crippen molar-refractivity contribution in [3.8, 4) is 0 Å². The average Bonchev–Trinajstić information content (AvgIpc) is 3.32. The number of carboxylic acid groups (broad SMARTS) is 1. The van der Waals surface area contributed by atoms with E-state index in [1.165, 1.54) is 35.0 Å². The van der Waals surface area contributed by atoms with Crippen molar-refractivity contribution < 1.29 is 49.4 Å². The lowest BCUT2D eigenvalue weighted by Gasteiger charge is -2.40. The fourth-order valence-electron chi connectivity index (χ4n) is 8.83. The first-order valence-corrected chi connectivity index (χ1v) is 26.9. The van der Waals surface area contributed by atoms with Crippen molar-refractivity contribution >= 4 is 72.2 Å². The van der Waals surface area contributed by atoms with Crippen molar-refractivity contribution in [2.75, 3.05) is 88.1 Å². The van der Waals surface area contributed by atoms with E-state index in [9.17, 15) is 44.7 Å². The Labute approximate surface area is 410 Å². The number of carbonyl (C=O) groups is 2. The van der Waals surface area contributed by atoms with Crippen LogP contribution in [0.2, 0.25) is 5.02 Å². The number of nitrogens with one attached hydrogen (secondary N) is 3. The summed E-state index contributed by atoms with van der Waals surface area (Å²) in [5.41, 5.74) is -2.09. The van der Waals surface area contributed by atoms with E-state index in [1.807, 2.05) is 59.3 Å². The predicted molar refractivity (Wildman–Crippen MR) is 262 cm³/mol. The number of sulfonamides is 1. The fourth-order valence-corrected chi connectivity index (χ4v) is 12.0. The summed E-state index contributed by atoms with van der Waals surface area (Å²) >= 11 is 7.63. The van der Waals surface area contributed by atoms with Gasteiger partial charge in [0.2, 0.25) is 0 Å². The van der Waals surface area contributed by atoms with E-state index in [-0.39, 0.29) is 11.0 Å². The van der Waals surface area contributed by atoms with Crippen molar-refractivity contribution in [1.29, 1.82) is 0 Å². The number of alkyl halides is 3. The summed E-state index contributed by atoms with van der Waals surface area (Å²) in [7, 11) is -11.0. The number of hydrogen-bond acceptors (Lipinski definition) is 12. The van der Waals surface area contributed by atoms with Crippen LogP contribution in [-0.4, -0.2) is 133 Å². The zero-order valence-corrected chi connectivity index (χ0v) is 41.2. The molecule has 372 valence electrons. The summed E-state index contributed by atoms with van der Waals surface area (Å²) in [5.74, 6) is -0.704. The monoisotopic (exact) mass is 1030 g/mol. The quantitative estimate of drug-likeness (QED) is 0.0705. The Hall–Kier alpha value is -4.83. The maximum absolute atomic E-state index is 14.2. The van der Waals surface area contributed by atoms with Gasteiger partial charge < -0.3 is 25.4 Å². The van der Waals surface area contributed by atoms with Crippen molar-refractivity contribution in [2.45, 2.75) is 58.8 Å². The number of allylic oxidation sites excluding steroid dienone is 1. The van der Waals surface area contributed by atoms with Crippen molar-refractivity contribution in [3.05, 3.63) is 119 Å². The molecule has 2 aliphatic heterocycles. The van der Waals surface area contributed by atoms with Crippen LogP contribution in [0.1, 0.15) is 48.5 Å². The van der Waals surface area contributed by atoms with Gasteiger partial charge in [0.15, 0.2) is 0 Å². The number of piperazine rings is 1. The molecule has 4 N–H and O–H groups in total. The smallest absolute Gasteiger partial charge is 0.465 e. The number of ether oxygens (including phenoxy) is 1. The summed E-state index contributed by atoms with van der Waals surface area (Å²) in [6.07, 6.45) is 1.73. The lowest BCUT2D eigenvalue weighted by Crippen LogP contribution is -2.47. The van der Waals surface area contributed by atoms with Gasteiger partial charge in [0.05, 0.1) is 23.8 Å². The molecule has 0 bridgehead atoms. The second-order valence-corrected chi connectivity index (χ2v) is 22.9. The minimum atomic E-state index is -6.08. The van der Waals surface area contributed by atoms with Crippen LogP contribution in [-0.2, 0) is 24.6 Å². The van der Waals surface area contributed by atoms with Gasteiger partial charge in [0.1, 0.15) is 4.90 Å². The van der Waals surface area contributed by atoms with Crippen LogP contribution in [0.15, 0.2) is 117 Å². The molecule has 4 aromatic carbocycles. The maximum Gasteiger partial charge on any atom is 0.501 e. The first-order chi connectivity index (χ1) is 32.8. The highest BCUT2D eigenvalue weighted by Crippen LogP contribution is 2.43. The number of hydrogen-bond donors (Lipinski definition) is 4. The second kappa shape index (κ2) is 22.5. The van der Waals surface area contributed by atoms with Crippen LogP contribution in [0, 0.1) is 5.41 Å². The zero-order valence-electron chi connectivity index (χ0n) is 38.0. The molecule has 2 heterocycles. The average molecular weight is 1030 g/mol. The van der Waals surface area contributed by atoms with Crippen molar-refractivity contribution in [2.24, 2.45) is 5.41 Å². The molecule has 1 aliphatic carbocycles. The summed E-state index contributed by atoms with van der Waals surface area (Å²) < 4.78 is 103. The maximum atomic E-state index is 14.2. The molecule has 0 saturated carbocycles. The van der Waals surface area contributed by atoms with E-state index in [2.05, 4.69) is 32.3 Å². The van der Waals surface area contributed by atoms with Gasteiger partial charge in [-0.15, -0.1) is 11.8 Å². The molecule has 69 heavy (non-hydrogen) atoms. The molecule has 2 amide bonds. The number of rotatable bonds is 18. The molecule has 21 heteroatoms. The van der Waals surface area contributed by atoms with Gasteiger partial charge in [-0.3, -0.25) is 14.6 Å². The number of halogens is 4. The lowest BCUT2D eigenvalue weighted by atomic mass is 9.71. The highest BCUT2D eigenvalue weighted by Gasteiger charge is 2.48. The molecule has 3 aliphatic rings. The highest BCUT2D eigenvalue weighted by molar-refractivity contribution is 7.99. The molecule has 2 saturated heterocycles. The minimum absolute atomic E-state index is 0.0409. The van der Waals surface area contributed by atoms with E-state index in [0.717, 1.165) is 47.5 Å². The minimum Gasteiger partial charge on any atom is -0.465 e. The standard InChI is InChI=1S/C48H56ClF3N6O8S3/c1-47(33-53-46(60)61)19-17-42(34-7-11-37(49)12-8-34)36(30-47)31-57-21-23-58(24-22-57)39-13-9-35(10-14-39)45(59)55-69(64,65)41-15-16-43(44(29-41)68(62,63)48(50,51)52)54-38(18-20-56-25-27-66-28-26-56)32-67-40-5-3-2-4-6-40/h2-16,29,38,53-54H,17-28,30-33H2,1H3,(H,55,59)(H,60,61)/t38?,47-/m1/s1. The van der Waals surface area contributed by atoms with Crippen LogP contribution >= 0.6 is 23.4 Å².